The second-order valence-electron chi connectivity index (χ2n) is 5.37. The second-order valence-corrected chi connectivity index (χ2v) is 5.37. The van der Waals surface area contributed by atoms with Gasteiger partial charge in [0.1, 0.15) is 5.76 Å². The van der Waals surface area contributed by atoms with Crippen molar-refractivity contribution < 1.29 is 4.42 Å². The molecule has 1 atom stereocenters. The maximum Gasteiger partial charge on any atom is 0.101 e. The van der Waals surface area contributed by atoms with Gasteiger partial charge < -0.3 is 9.73 Å². The van der Waals surface area contributed by atoms with Crippen molar-refractivity contribution in [2.24, 2.45) is 0 Å². The number of hydrogen-bond acceptors (Lipinski definition) is 2. The first-order valence-electron chi connectivity index (χ1n) is 7.61. The molecule has 1 N–H and O–H groups in total. The summed E-state index contributed by atoms with van der Waals surface area (Å²) in [5.41, 5.74) is 3.92. The second kappa shape index (κ2) is 7.30. The maximum absolute atomic E-state index is 5.47. The van der Waals surface area contributed by atoms with Crippen LogP contribution in [0.25, 0.3) is 0 Å². The van der Waals surface area contributed by atoms with Crippen molar-refractivity contribution in [3.05, 3.63) is 59.0 Å². The molecule has 0 spiro atoms. The lowest BCUT2D eigenvalue weighted by Crippen LogP contribution is -2.22. The van der Waals surface area contributed by atoms with Gasteiger partial charge in [0.05, 0.1) is 12.3 Å². The van der Waals surface area contributed by atoms with E-state index in [1.165, 1.54) is 23.1 Å². The fraction of sp³-hybridized carbons (Fsp3) is 0.444. The third kappa shape index (κ3) is 3.73. The normalized spacial score (nSPS) is 12.6. The Balaban J connectivity index is 2.21. The minimum absolute atomic E-state index is 0.225. The molecule has 108 valence electrons. The van der Waals surface area contributed by atoms with Gasteiger partial charge in [-0.15, -0.1) is 0 Å². The van der Waals surface area contributed by atoms with Gasteiger partial charge in [-0.25, -0.2) is 0 Å². The molecule has 2 heteroatoms. The van der Waals surface area contributed by atoms with E-state index in [1.807, 2.05) is 13.2 Å². The zero-order valence-corrected chi connectivity index (χ0v) is 12.8. The number of hydrogen-bond donors (Lipinski definition) is 1. The van der Waals surface area contributed by atoms with Crippen molar-refractivity contribution in [1.29, 1.82) is 0 Å². The molecule has 1 unspecified atom stereocenters. The van der Waals surface area contributed by atoms with Gasteiger partial charge in [0.25, 0.3) is 0 Å². The van der Waals surface area contributed by atoms with E-state index in [9.17, 15) is 0 Å². The predicted molar refractivity (Wildman–Crippen MR) is 84.0 cm³/mol. The summed E-state index contributed by atoms with van der Waals surface area (Å²) in [5.74, 6) is 0.964. The highest BCUT2D eigenvalue weighted by Gasteiger charge is 2.15. The van der Waals surface area contributed by atoms with Crippen LogP contribution in [0, 0.1) is 6.92 Å². The van der Waals surface area contributed by atoms with Gasteiger partial charge in [-0.1, -0.05) is 44.5 Å². The first-order chi connectivity index (χ1) is 9.74. The molecule has 0 aliphatic carbocycles. The van der Waals surface area contributed by atoms with Crippen LogP contribution in [0.4, 0.5) is 0 Å². The molecule has 0 saturated heterocycles. The van der Waals surface area contributed by atoms with Crippen molar-refractivity contribution in [1.82, 2.24) is 5.32 Å². The van der Waals surface area contributed by atoms with E-state index in [0.717, 1.165) is 25.1 Å². The van der Waals surface area contributed by atoms with Crippen LogP contribution in [0.2, 0.25) is 0 Å². The third-order valence-corrected chi connectivity index (χ3v) is 3.53. The van der Waals surface area contributed by atoms with Gasteiger partial charge in [0, 0.05) is 5.56 Å². The van der Waals surface area contributed by atoms with Crippen LogP contribution in [0.15, 0.2) is 41.0 Å². The summed E-state index contributed by atoms with van der Waals surface area (Å²) in [6.07, 6.45) is 5.33. The Morgan fingerprint density at radius 3 is 2.35 bits per heavy atom. The highest BCUT2D eigenvalue weighted by molar-refractivity contribution is 5.33. The SMILES string of the molecule is CCCNC(c1ccc(CCC)cc1)c1coc(C)c1. The molecule has 1 aromatic carbocycles. The lowest BCUT2D eigenvalue weighted by Gasteiger charge is -2.18. The zero-order chi connectivity index (χ0) is 14.4. The van der Waals surface area contributed by atoms with Crippen LogP contribution in [-0.2, 0) is 6.42 Å². The molecule has 2 rings (SSSR count). The molecule has 20 heavy (non-hydrogen) atoms. The Hall–Kier alpha value is -1.54. The third-order valence-electron chi connectivity index (χ3n) is 3.53. The molecule has 0 radical (unpaired) electrons. The standard InChI is InChI=1S/C18H25NO/c1-4-6-15-7-9-16(10-8-15)18(19-11-5-2)17-12-14(3)20-13-17/h7-10,12-13,18-19H,4-6,11H2,1-3H3. The van der Waals surface area contributed by atoms with Crippen molar-refractivity contribution in [2.75, 3.05) is 6.54 Å². The fourth-order valence-electron chi connectivity index (χ4n) is 2.50. The van der Waals surface area contributed by atoms with Gasteiger partial charge in [-0.3, -0.25) is 0 Å². The first-order valence-corrected chi connectivity index (χ1v) is 7.61. The van der Waals surface area contributed by atoms with Crippen molar-refractivity contribution in [3.63, 3.8) is 0 Å². The topological polar surface area (TPSA) is 25.2 Å². The Kier molecular flexibility index (Phi) is 5.42. The van der Waals surface area contributed by atoms with Gasteiger partial charge in [-0.2, -0.15) is 0 Å². The molecule has 2 aromatic rings. The van der Waals surface area contributed by atoms with Gasteiger partial charge >= 0.3 is 0 Å². The summed E-state index contributed by atoms with van der Waals surface area (Å²) >= 11 is 0. The van der Waals surface area contributed by atoms with Gasteiger partial charge in [-0.05, 0) is 43.5 Å². The number of benzene rings is 1. The fourth-order valence-corrected chi connectivity index (χ4v) is 2.50. The van der Waals surface area contributed by atoms with E-state index in [0.29, 0.717) is 0 Å². The molecule has 0 saturated carbocycles. The summed E-state index contributed by atoms with van der Waals surface area (Å²) in [7, 11) is 0. The van der Waals surface area contributed by atoms with E-state index >= 15 is 0 Å². The maximum atomic E-state index is 5.47. The molecule has 0 fully saturated rings. The summed E-state index contributed by atoms with van der Waals surface area (Å²) < 4.78 is 5.47. The Morgan fingerprint density at radius 1 is 1.05 bits per heavy atom. The first kappa shape index (κ1) is 14.9. The van der Waals surface area contributed by atoms with E-state index in [4.69, 9.17) is 4.42 Å². The summed E-state index contributed by atoms with van der Waals surface area (Å²) in [5, 5.41) is 3.61. The summed E-state index contributed by atoms with van der Waals surface area (Å²) in [6, 6.07) is 11.3. The lowest BCUT2D eigenvalue weighted by atomic mass is 9.98. The van der Waals surface area contributed by atoms with Crippen molar-refractivity contribution in [3.8, 4) is 0 Å². The van der Waals surface area contributed by atoms with E-state index in [2.05, 4.69) is 49.5 Å². The molecule has 1 heterocycles. The number of aryl methyl sites for hydroxylation is 2. The molecular weight excluding hydrogens is 246 g/mol. The van der Waals surface area contributed by atoms with E-state index in [1.54, 1.807) is 0 Å². The zero-order valence-electron chi connectivity index (χ0n) is 12.8. The monoisotopic (exact) mass is 271 g/mol. The minimum atomic E-state index is 0.225. The molecular formula is C18H25NO. The quantitative estimate of drug-likeness (QED) is 0.794. The smallest absolute Gasteiger partial charge is 0.101 e. The van der Waals surface area contributed by atoms with Gasteiger partial charge in [0.2, 0.25) is 0 Å². The minimum Gasteiger partial charge on any atom is -0.469 e. The molecule has 1 aromatic heterocycles. The Labute approximate surface area is 122 Å². The number of furan rings is 1. The summed E-state index contributed by atoms with van der Waals surface area (Å²) in [4.78, 5) is 0. The van der Waals surface area contributed by atoms with E-state index in [-0.39, 0.29) is 6.04 Å². The number of nitrogens with one attached hydrogen (secondary N) is 1. The Morgan fingerprint density at radius 2 is 1.80 bits per heavy atom. The number of rotatable bonds is 7. The van der Waals surface area contributed by atoms with Crippen LogP contribution in [0.3, 0.4) is 0 Å². The average molecular weight is 271 g/mol. The molecule has 0 aliphatic rings. The molecule has 2 nitrogen and oxygen atoms in total. The van der Waals surface area contributed by atoms with Crippen LogP contribution >= 0.6 is 0 Å². The Bertz CT molecular complexity index is 512. The van der Waals surface area contributed by atoms with Crippen molar-refractivity contribution in [2.45, 2.75) is 46.1 Å². The summed E-state index contributed by atoms with van der Waals surface area (Å²) in [6.45, 7) is 7.40. The van der Waals surface area contributed by atoms with Crippen LogP contribution in [-0.4, -0.2) is 6.54 Å². The molecule has 0 bridgehead atoms. The van der Waals surface area contributed by atoms with Crippen molar-refractivity contribution >= 4 is 0 Å². The van der Waals surface area contributed by atoms with Crippen LogP contribution < -0.4 is 5.32 Å². The van der Waals surface area contributed by atoms with Gasteiger partial charge in [0.15, 0.2) is 0 Å². The van der Waals surface area contributed by atoms with Crippen LogP contribution in [0.5, 0.6) is 0 Å². The molecule has 0 amide bonds. The predicted octanol–water partition coefficient (Wildman–Crippen LogP) is 4.63. The average Bonchev–Trinajstić information content (AvgIpc) is 2.88. The van der Waals surface area contributed by atoms with E-state index < -0.39 is 0 Å². The highest BCUT2D eigenvalue weighted by atomic mass is 16.3. The highest BCUT2D eigenvalue weighted by Crippen LogP contribution is 2.24. The largest absolute Gasteiger partial charge is 0.469 e. The molecule has 0 aliphatic heterocycles. The van der Waals surface area contributed by atoms with Crippen LogP contribution in [0.1, 0.15) is 55.2 Å². The lowest BCUT2D eigenvalue weighted by molar-refractivity contribution is 0.524.